The molecule has 114 valence electrons. The second kappa shape index (κ2) is 5.62. The van der Waals surface area contributed by atoms with Crippen LogP contribution in [-0.4, -0.2) is 18.3 Å². The third-order valence-electron chi connectivity index (χ3n) is 4.48. The molecule has 2 rings (SSSR count). The molecule has 0 saturated carbocycles. The summed E-state index contributed by atoms with van der Waals surface area (Å²) in [6.45, 7) is 14.9. The van der Waals surface area contributed by atoms with Gasteiger partial charge in [0.15, 0.2) is 0 Å². The fraction of sp³-hybridized carbons (Fsp3) is 0.556. The number of allylic oxidation sites excluding steroid dienone is 2. The van der Waals surface area contributed by atoms with Crippen molar-refractivity contribution in [3.05, 3.63) is 35.9 Å². The maximum atomic E-state index is 6.20. The Labute approximate surface area is 129 Å². The molecule has 1 fully saturated rings. The first-order valence-electron chi connectivity index (χ1n) is 7.77. The van der Waals surface area contributed by atoms with Crippen molar-refractivity contribution in [2.45, 2.75) is 59.7 Å². The van der Waals surface area contributed by atoms with Gasteiger partial charge in [0.05, 0.1) is 11.2 Å². The topological polar surface area (TPSA) is 18.5 Å². The molecular weight excluding hydrogens is 259 g/mol. The van der Waals surface area contributed by atoms with E-state index in [4.69, 9.17) is 9.31 Å². The van der Waals surface area contributed by atoms with Crippen LogP contribution in [0.1, 0.15) is 54.0 Å². The van der Waals surface area contributed by atoms with Crippen molar-refractivity contribution >= 4 is 18.2 Å². The first-order valence-corrected chi connectivity index (χ1v) is 7.77. The van der Waals surface area contributed by atoms with Crippen LogP contribution in [0.25, 0.3) is 5.57 Å². The van der Waals surface area contributed by atoms with Gasteiger partial charge in [0.2, 0.25) is 0 Å². The van der Waals surface area contributed by atoms with Gasteiger partial charge in [-0.2, -0.15) is 0 Å². The van der Waals surface area contributed by atoms with Gasteiger partial charge in [-0.1, -0.05) is 44.2 Å². The molecule has 1 heterocycles. The Morgan fingerprint density at radius 1 is 1.05 bits per heavy atom. The summed E-state index contributed by atoms with van der Waals surface area (Å²) in [4.78, 5) is 0. The lowest BCUT2D eigenvalue weighted by atomic mass is 9.74. The highest BCUT2D eigenvalue weighted by Gasteiger charge is 2.52. The molecule has 1 aromatic rings. The Morgan fingerprint density at radius 2 is 1.57 bits per heavy atom. The van der Waals surface area contributed by atoms with E-state index in [1.165, 1.54) is 11.1 Å². The van der Waals surface area contributed by atoms with Crippen LogP contribution in [0.3, 0.4) is 0 Å². The highest BCUT2D eigenvalue weighted by Crippen LogP contribution is 2.37. The SMILES string of the molecule is C/C(=C/C(C)C)c1ccccc1B1OC(C)(C)C(C)(C)O1. The van der Waals surface area contributed by atoms with E-state index >= 15 is 0 Å². The summed E-state index contributed by atoms with van der Waals surface area (Å²) < 4.78 is 12.4. The van der Waals surface area contributed by atoms with E-state index in [1.807, 2.05) is 6.07 Å². The van der Waals surface area contributed by atoms with Crippen LogP contribution < -0.4 is 5.46 Å². The van der Waals surface area contributed by atoms with Crippen LogP contribution in [0.2, 0.25) is 0 Å². The van der Waals surface area contributed by atoms with E-state index in [9.17, 15) is 0 Å². The van der Waals surface area contributed by atoms with E-state index in [-0.39, 0.29) is 18.3 Å². The summed E-state index contributed by atoms with van der Waals surface area (Å²) in [5.41, 5.74) is 2.99. The summed E-state index contributed by atoms with van der Waals surface area (Å²) >= 11 is 0. The first kappa shape index (κ1) is 16.3. The van der Waals surface area contributed by atoms with Gasteiger partial charge < -0.3 is 9.31 Å². The van der Waals surface area contributed by atoms with Gasteiger partial charge in [0.25, 0.3) is 0 Å². The molecule has 1 aliphatic rings. The van der Waals surface area contributed by atoms with Crippen LogP contribution in [0.5, 0.6) is 0 Å². The van der Waals surface area contributed by atoms with Gasteiger partial charge in [0, 0.05) is 0 Å². The molecule has 3 heteroatoms. The summed E-state index contributed by atoms with van der Waals surface area (Å²) in [5.74, 6) is 0.524. The molecule has 21 heavy (non-hydrogen) atoms. The smallest absolute Gasteiger partial charge is 0.399 e. The van der Waals surface area contributed by atoms with Crippen LogP contribution in [-0.2, 0) is 9.31 Å². The third-order valence-corrected chi connectivity index (χ3v) is 4.48. The van der Waals surface area contributed by atoms with E-state index in [2.05, 4.69) is 72.7 Å². The zero-order valence-corrected chi connectivity index (χ0v) is 14.4. The molecule has 0 unspecified atom stereocenters. The average molecular weight is 286 g/mol. The van der Waals surface area contributed by atoms with Crippen molar-refractivity contribution < 1.29 is 9.31 Å². The van der Waals surface area contributed by atoms with Crippen LogP contribution >= 0.6 is 0 Å². The highest BCUT2D eigenvalue weighted by molar-refractivity contribution is 6.63. The van der Waals surface area contributed by atoms with Crippen molar-refractivity contribution in [1.82, 2.24) is 0 Å². The number of benzene rings is 1. The molecule has 0 N–H and O–H groups in total. The lowest BCUT2D eigenvalue weighted by molar-refractivity contribution is 0.00578. The zero-order chi connectivity index (χ0) is 15.8. The fourth-order valence-electron chi connectivity index (χ4n) is 2.62. The Bertz CT molecular complexity index is 528. The van der Waals surface area contributed by atoms with Gasteiger partial charge in [0.1, 0.15) is 0 Å². The average Bonchev–Trinajstić information content (AvgIpc) is 2.57. The lowest BCUT2D eigenvalue weighted by Crippen LogP contribution is -2.41. The quantitative estimate of drug-likeness (QED) is 0.781. The Balaban J connectivity index is 2.39. The zero-order valence-electron chi connectivity index (χ0n) is 14.4. The van der Waals surface area contributed by atoms with E-state index in [0.717, 1.165) is 5.46 Å². The van der Waals surface area contributed by atoms with Gasteiger partial charge >= 0.3 is 7.12 Å². The molecule has 0 spiro atoms. The van der Waals surface area contributed by atoms with Crippen molar-refractivity contribution in [3.63, 3.8) is 0 Å². The van der Waals surface area contributed by atoms with Gasteiger partial charge in [-0.3, -0.25) is 0 Å². The molecule has 1 aliphatic heterocycles. The van der Waals surface area contributed by atoms with Crippen molar-refractivity contribution in [2.24, 2.45) is 5.92 Å². The minimum Gasteiger partial charge on any atom is -0.399 e. The van der Waals surface area contributed by atoms with Crippen molar-refractivity contribution in [2.75, 3.05) is 0 Å². The normalized spacial score (nSPS) is 21.1. The molecule has 1 saturated heterocycles. The fourth-order valence-corrected chi connectivity index (χ4v) is 2.62. The predicted molar refractivity (Wildman–Crippen MR) is 90.6 cm³/mol. The molecule has 0 bridgehead atoms. The van der Waals surface area contributed by atoms with Crippen LogP contribution in [0, 0.1) is 5.92 Å². The van der Waals surface area contributed by atoms with E-state index in [0.29, 0.717) is 5.92 Å². The van der Waals surface area contributed by atoms with Gasteiger partial charge in [-0.25, -0.2) is 0 Å². The maximum Gasteiger partial charge on any atom is 0.495 e. The van der Waals surface area contributed by atoms with Crippen LogP contribution in [0.4, 0.5) is 0 Å². The number of rotatable bonds is 3. The second-order valence-electron chi connectivity index (χ2n) is 7.27. The summed E-state index contributed by atoms with van der Waals surface area (Å²) in [6, 6.07) is 8.37. The highest BCUT2D eigenvalue weighted by atomic mass is 16.7. The summed E-state index contributed by atoms with van der Waals surface area (Å²) in [7, 11) is -0.304. The van der Waals surface area contributed by atoms with Gasteiger partial charge in [-0.05, 0) is 57.1 Å². The Hall–Kier alpha value is -1.06. The monoisotopic (exact) mass is 286 g/mol. The third kappa shape index (κ3) is 3.24. The molecular formula is C18H27BO2. The minimum absolute atomic E-state index is 0.304. The number of hydrogen-bond donors (Lipinski definition) is 0. The standard InChI is InChI=1S/C18H27BO2/c1-13(2)12-14(3)15-10-8-9-11-16(15)19-20-17(4,5)18(6,7)21-19/h8-13H,1-7H3/b14-12-. The lowest BCUT2D eigenvalue weighted by Gasteiger charge is -2.32. The molecule has 0 amide bonds. The first-order chi connectivity index (χ1) is 9.64. The van der Waals surface area contributed by atoms with E-state index in [1.54, 1.807) is 0 Å². The van der Waals surface area contributed by atoms with Crippen molar-refractivity contribution in [3.8, 4) is 0 Å². The molecule has 0 atom stereocenters. The molecule has 0 radical (unpaired) electrons. The van der Waals surface area contributed by atoms with Crippen molar-refractivity contribution in [1.29, 1.82) is 0 Å². The Kier molecular flexibility index (Phi) is 4.37. The number of hydrogen-bond acceptors (Lipinski definition) is 2. The largest absolute Gasteiger partial charge is 0.495 e. The summed E-state index contributed by atoms with van der Waals surface area (Å²) in [5, 5.41) is 0. The molecule has 2 nitrogen and oxygen atoms in total. The van der Waals surface area contributed by atoms with Gasteiger partial charge in [-0.15, -0.1) is 0 Å². The molecule has 0 aromatic heterocycles. The Morgan fingerprint density at radius 3 is 2.10 bits per heavy atom. The predicted octanol–water partition coefficient (Wildman–Crippen LogP) is 4.05. The minimum atomic E-state index is -0.305. The summed E-state index contributed by atoms with van der Waals surface area (Å²) in [6.07, 6.45) is 2.28. The molecule has 0 aliphatic carbocycles. The van der Waals surface area contributed by atoms with E-state index < -0.39 is 0 Å². The van der Waals surface area contributed by atoms with Crippen LogP contribution in [0.15, 0.2) is 30.3 Å². The molecule has 1 aromatic carbocycles. The maximum absolute atomic E-state index is 6.20. The second-order valence-corrected chi connectivity index (χ2v) is 7.27.